The van der Waals surface area contributed by atoms with Crippen LogP contribution in [0.1, 0.15) is 5.56 Å². The van der Waals surface area contributed by atoms with Crippen LogP contribution < -0.4 is 5.32 Å². The lowest BCUT2D eigenvalue weighted by molar-refractivity contribution is -0.115. The summed E-state index contributed by atoms with van der Waals surface area (Å²) < 4.78 is 14.8. The van der Waals surface area contributed by atoms with Crippen molar-refractivity contribution < 1.29 is 9.18 Å². The fraction of sp³-hybridized carbons (Fsp3) is 0.0500. The number of carbonyl (C=O) groups excluding carboxylic acids is 1. The highest BCUT2D eigenvalue weighted by molar-refractivity contribution is 5.92. The Hall–Kier alpha value is -3.54. The molecule has 4 rings (SSSR count). The number of imidazole rings is 1. The van der Waals surface area contributed by atoms with Crippen LogP contribution in [0, 0.1) is 5.82 Å². The molecule has 5 nitrogen and oxygen atoms in total. The molecule has 0 unspecified atom stereocenters. The molecule has 2 aromatic heterocycles. The van der Waals surface area contributed by atoms with Crippen molar-refractivity contribution in [2.75, 3.05) is 5.32 Å². The van der Waals surface area contributed by atoms with E-state index < -0.39 is 0 Å². The third-order valence-corrected chi connectivity index (χ3v) is 3.96. The molecule has 0 saturated heterocycles. The zero-order valence-electron chi connectivity index (χ0n) is 13.8. The highest BCUT2D eigenvalue weighted by Crippen LogP contribution is 2.22. The summed E-state index contributed by atoms with van der Waals surface area (Å²) in [7, 11) is 0. The Morgan fingerprint density at radius 2 is 1.96 bits per heavy atom. The maximum absolute atomic E-state index is 12.9. The monoisotopic (exact) mass is 346 g/mol. The summed E-state index contributed by atoms with van der Waals surface area (Å²) in [6.07, 6.45) is 5.65. The van der Waals surface area contributed by atoms with Crippen LogP contribution in [-0.2, 0) is 11.2 Å². The van der Waals surface area contributed by atoms with E-state index in [4.69, 9.17) is 0 Å². The van der Waals surface area contributed by atoms with Gasteiger partial charge in [-0.1, -0.05) is 24.3 Å². The number of rotatable bonds is 4. The van der Waals surface area contributed by atoms with Gasteiger partial charge in [-0.2, -0.15) is 0 Å². The lowest BCUT2D eigenvalue weighted by Crippen LogP contribution is -2.14. The second-order valence-corrected chi connectivity index (χ2v) is 5.89. The predicted octanol–water partition coefficient (Wildman–Crippen LogP) is 3.72. The average molecular weight is 346 g/mol. The lowest BCUT2D eigenvalue weighted by atomic mass is 10.1. The number of aromatic nitrogens is 3. The van der Waals surface area contributed by atoms with Crippen molar-refractivity contribution in [1.82, 2.24) is 14.4 Å². The SMILES string of the molecule is O=C(Cc1ccc(F)cc1)Nc1cccc(-c2cn3cccnc3n2)c1. The molecule has 4 aromatic rings. The molecule has 0 saturated carbocycles. The van der Waals surface area contributed by atoms with Gasteiger partial charge in [-0.15, -0.1) is 0 Å². The van der Waals surface area contributed by atoms with Crippen molar-refractivity contribution in [1.29, 1.82) is 0 Å². The first kappa shape index (κ1) is 16.0. The van der Waals surface area contributed by atoms with Crippen LogP contribution >= 0.6 is 0 Å². The minimum Gasteiger partial charge on any atom is -0.326 e. The summed E-state index contributed by atoms with van der Waals surface area (Å²) in [5.74, 6) is 0.141. The fourth-order valence-electron chi connectivity index (χ4n) is 2.72. The largest absolute Gasteiger partial charge is 0.326 e. The van der Waals surface area contributed by atoms with Crippen LogP contribution in [0.15, 0.2) is 73.2 Å². The van der Waals surface area contributed by atoms with Crippen LogP contribution in [0.2, 0.25) is 0 Å². The Morgan fingerprint density at radius 3 is 2.77 bits per heavy atom. The van der Waals surface area contributed by atoms with E-state index in [9.17, 15) is 9.18 Å². The molecule has 0 atom stereocenters. The van der Waals surface area contributed by atoms with Crippen LogP contribution in [0.3, 0.4) is 0 Å². The van der Waals surface area contributed by atoms with Gasteiger partial charge in [0, 0.05) is 29.8 Å². The average Bonchev–Trinajstić information content (AvgIpc) is 3.08. The number of anilines is 1. The molecular formula is C20H15FN4O. The second-order valence-electron chi connectivity index (χ2n) is 5.89. The molecule has 0 radical (unpaired) electrons. The number of nitrogens with zero attached hydrogens (tertiary/aromatic N) is 3. The Balaban J connectivity index is 1.51. The highest BCUT2D eigenvalue weighted by atomic mass is 19.1. The number of hydrogen-bond acceptors (Lipinski definition) is 3. The number of fused-ring (bicyclic) bond motifs is 1. The molecule has 0 aliphatic rings. The Kier molecular flexibility index (Phi) is 4.15. The Labute approximate surface area is 149 Å². The minimum absolute atomic E-state index is 0.162. The summed E-state index contributed by atoms with van der Waals surface area (Å²) in [5, 5.41) is 2.87. The number of amides is 1. The van der Waals surface area contributed by atoms with Gasteiger partial charge in [0.15, 0.2) is 0 Å². The third-order valence-electron chi connectivity index (χ3n) is 3.96. The van der Waals surface area contributed by atoms with E-state index in [-0.39, 0.29) is 18.1 Å². The van der Waals surface area contributed by atoms with Gasteiger partial charge < -0.3 is 5.32 Å². The normalized spacial score (nSPS) is 10.8. The summed E-state index contributed by atoms with van der Waals surface area (Å²) >= 11 is 0. The summed E-state index contributed by atoms with van der Waals surface area (Å²) in [5.41, 5.74) is 3.10. The van der Waals surface area contributed by atoms with Crippen LogP contribution in [0.25, 0.3) is 17.0 Å². The van der Waals surface area contributed by atoms with E-state index in [2.05, 4.69) is 15.3 Å². The van der Waals surface area contributed by atoms with E-state index in [0.717, 1.165) is 16.8 Å². The quantitative estimate of drug-likeness (QED) is 0.613. The number of hydrogen-bond donors (Lipinski definition) is 1. The van der Waals surface area contributed by atoms with Gasteiger partial charge in [-0.3, -0.25) is 9.20 Å². The first-order valence-corrected chi connectivity index (χ1v) is 8.12. The van der Waals surface area contributed by atoms with E-state index in [0.29, 0.717) is 11.5 Å². The van der Waals surface area contributed by atoms with E-state index >= 15 is 0 Å². The summed E-state index contributed by atoms with van der Waals surface area (Å²) in [4.78, 5) is 20.9. The molecule has 0 fully saturated rings. The van der Waals surface area contributed by atoms with E-state index in [1.807, 2.05) is 47.1 Å². The molecule has 0 aliphatic heterocycles. The van der Waals surface area contributed by atoms with Crippen molar-refractivity contribution in [3.63, 3.8) is 0 Å². The molecule has 2 heterocycles. The fourth-order valence-corrected chi connectivity index (χ4v) is 2.72. The zero-order chi connectivity index (χ0) is 17.9. The molecule has 26 heavy (non-hydrogen) atoms. The molecular weight excluding hydrogens is 331 g/mol. The summed E-state index contributed by atoms with van der Waals surface area (Å²) in [6.45, 7) is 0. The smallest absolute Gasteiger partial charge is 0.234 e. The highest BCUT2D eigenvalue weighted by Gasteiger charge is 2.08. The molecule has 2 aromatic carbocycles. The summed E-state index contributed by atoms with van der Waals surface area (Å²) in [6, 6.07) is 15.2. The molecule has 1 amide bonds. The van der Waals surface area contributed by atoms with Gasteiger partial charge >= 0.3 is 0 Å². The van der Waals surface area contributed by atoms with E-state index in [1.54, 1.807) is 18.3 Å². The van der Waals surface area contributed by atoms with Gasteiger partial charge in [0.1, 0.15) is 5.82 Å². The molecule has 0 spiro atoms. The molecule has 0 aliphatic carbocycles. The van der Waals surface area contributed by atoms with Crippen molar-refractivity contribution in [3.8, 4) is 11.3 Å². The van der Waals surface area contributed by atoms with Gasteiger partial charge in [0.25, 0.3) is 0 Å². The van der Waals surface area contributed by atoms with Crippen molar-refractivity contribution in [3.05, 3.63) is 84.6 Å². The zero-order valence-corrected chi connectivity index (χ0v) is 13.8. The Morgan fingerprint density at radius 1 is 1.12 bits per heavy atom. The van der Waals surface area contributed by atoms with Gasteiger partial charge in [-0.05, 0) is 35.9 Å². The number of halogens is 1. The predicted molar refractivity (Wildman–Crippen MR) is 97.2 cm³/mol. The number of benzene rings is 2. The molecule has 1 N–H and O–H groups in total. The van der Waals surface area contributed by atoms with Crippen molar-refractivity contribution in [2.24, 2.45) is 0 Å². The number of nitrogens with one attached hydrogen (secondary N) is 1. The standard InChI is InChI=1S/C20H15FN4O/c21-16-7-5-14(6-8-16)11-19(26)23-17-4-1-3-15(12-17)18-13-25-10-2-9-22-20(25)24-18/h1-10,12-13H,11H2,(H,23,26). The third kappa shape index (κ3) is 3.44. The molecule has 128 valence electrons. The molecule has 6 heteroatoms. The van der Waals surface area contributed by atoms with Gasteiger partial charge in [-0.25, -0.2) is 14.4 Å². The van der Waals surface area contributed by atoms with Gasteiger partial charge in [0.05, 0.1) is 12.1 Å². The topological polar surface area (TPSA) is 59.3 Å². The first-order chi connectivity index (χ1) is 12.7. The number of carbonyl (C=O) groups is 1. The second kappa shape index (κ2) is 6.76. The maximum atomic E-state index is 12.9. The van der Waals surface area contributed by atoms with Crippen LogP contribution in [0.5, 0.6) is 0 Å². The lowest BCUT2D eigenvalue weighted by Gasteiger charge is -2.07. The van der Waals surface area contributed by atoms with Gasteiger partial charge in [0.2, 0.25) is 11.7 Å². The first-order valence-electron chi connectivity index (χ1n) is 8.12. The van der Waals surface area contributed by atoms with Crippen molar-refractivity contribution >= 4 is 17.4 Å². The maximum Gasteiger partial charge on any atom is 0.234 e. The Bertz CT molecular complexity index is 1040. The van der Waals surface area contributed by atoms with Crippen LogP contribution in [0.4, 0.5) is 10.1 Å². The molecule has 0 bridgehead atoms. The van der Waals surface area contributed by atoms with E-state index in [1.165, 1.54) is 12.1 Å². The van der Waals surface area contributed by atoms with Crippen LogP contribution in [-0.4, -0.2) is 20.3 Å². The van der Waals surface area contributed by atoms with Crippen molar-refractivity contribution in [2.45, 2.75) is 6.42 Å². The minimum atomic E-state index is -0.316.